The molecule has 0 unspecified atom stereocenters. The monoisotopic (exact) mass is 174 g/mol. The van der Waals surface area contributed by atoms with Gasteiger partial charge in [-0.2, -0.15) is 0 Å². The molecule has 0 aromatic carbocycles. The molecule has 0 aliphatic heterocycles. The summed E-state index contributed by atoms with van der Waals surface area (Å²) in [5.41, 5.74) is 4.69. The molecule has 0 heterocycles. The molecular formula is C7H14N2O3. The Kier molecular flexibility index (Phi) is 6.00. The van der Waals surface area contributed by atoms with Crippen molar-refractivity contribution in [1.29, 1.82) is 0 Å². The molecule has 0 aliphatic rings. The molecule has 0 radical (unpaired) electrons. The van der Waals surface area contributed by atoms with Crippen LogP contribution in [0.4, 0.5) is 0 Å². The topological polar surface area (TPSA) is 81.4 Å². The van der Waals surface area contributed by atoms with E-state index < -0.39 is 11.8 Å². The maximum Gasteiger partial charge on any atom is 0.309 e. The first-order valence-electron chi connectivity index (χ1n) is 3.83. The molecule has 5 heteroatoms. The lowest BCUT2D eigenvalue weighted by molar-refractivity contribution is -0.137. The van der Waals surface area contributed by atoms with E-state index in [9.17, 15) is 9.59 Å². The molecule has 0 aliphatic carbocycles. The molecule has 12 heavy (non-hydrogen) atoms. The third-order valence-electron chi connectivity index (χ3n) is 1.18. The van der Waals surface area contributed by atoms with Gasteiger partial charge in [-0.15, -0.1) is 0 Å². The van der Waals surface area contributed by atoms with Crippen molar-refractivity contribution in [2.75, 3.05) is 19.8 Å². The predicted octanol–water partition coefficient (Wildman–Crippen LogP) is -0.985. The molecule has 0 aromatic rings. The maximum absolute atomic E-state index is 10.5. The van der Waals surface area contributed by atoms with E-state index in [-0.39, 0.29) is 0 Å². The molecule has 0 rings (SSSR count). The van der Waals surface area contributed by atoms with Gasteiger partial charge in [0.25, 0.3) is 0 Å². The number of amides is 2. The molecule has 0 spiro atoms. The number of carbonyl (C=O) groups excluding carboxylic acids is 2. The molecule has 0 aromatic heterocycles. The third kappa shape index (κ3) is 5.67. The Morgan fingerprint density at radius 2 is 2.17 bits per heavy atom. The summed E-state index contributed by atoms with van der Waals surface area (Å²) >= 11 is 0. The molecule has 3 N–H and O–H groups in total. The molecule has 70 valence electrons. The Balaban J connectivity index is 3.20. The van der Waals surface area contributed by atoms with Gasteiger partial charge in [-0.05, 0) is 13.3 Å². The van der Waals surface area contributed by atoms with E-state index >= 15 is 0 Å². The molecule has 5 nitrogen and oxygen atoms in total. The molecular weight excluding hydrogens is 160 g/mol. The Hall–Kier alpha value is -1.10. The fourth-order valence-electron chi connectivity index (χ4n) is 0.608. The molecule has 2 amide bonds. The van der Waals surface area contributed by atoms with Gasteiger partial charge in [0.2, 0.25) is 0 Å². The largest absolute Gasteiger partial charge is 0.382 e. The smallest absolute Gasteiger partial charge is 0.309 e. The maximum atomic E-state index is 10.5. The standard InChI is InChI=1S/C7H14N2O3/c1-2-12-5-3-4-9-7(11)6(8)10/h2-5H2,1H3,(H2,8,10)(H,9,11). The van der Waals surface area contributed by atoms with Crippen LogP contribution < -0.4 is 11.1 Å². The van der Waals surface area contributed by atoms with Crippen molar-refractivity contribution in [2.24, 2.45) is 5.73 Å². The minimum absolute atomic E-state index is 0.418. The summed E-state index contributed by atoms with van der Waals surface area (Å²) in [4.78, 5) is 20.7. The number of nitrogens with two attached hydrogens (primary N) is 1. The summed E-state index contributed by atoms with van der Waals surface area (Å²) in [5, 5.41) is 2.35. The van der Waals surface area contributed by atoms with E-state index in [0.717, 1.165) is 0 Å². The molecule has 0 saturated heterocycles. The predicted molar refractivity (Wildman–Crippen MR) is 43.3 cm³/mol. The van der Waals surface area contributed by atoms with Crippen LogP contribution >= 0.6 is 0 Å². The van der Waals surface area contributed by atoms with E-state index in [1.807, 2.05) is 6.92 Å². The summed E-state index contributed by atoms with van der Waals surface area (Å²) in [6.07, 6.45) is 0.687. The van der Waals surface area contributed by atoms with Crippen molar-refractivity contribution in [3.05, 3.63) is 0 Å². The van der Waals surface area contributed by atoms with E-state index in [2.05, 4.69) is 5.32 Å². The number of rotatable bonds is 5. The minimum atomic E-state index is -0.952. The lowest BCUT2D eigenvalue weighted by Gasteiger charge is -2.01. The summed E-state index contributed by atoms with van der Waals surface area (Å²) in [5.74, 6) is -1.70. The Morgan fingerprint density at radius 1 is 1.50 bits per heavy atom. The lowest BCUT2D eigenvalue weighted by Crippen LogP contribution is -2.36. The second kappa shape index (κ2) is 6.60. The van der Waals surface area contributed by atoms with Crippen molar-refractivity contribution in [2.45, 2.75) is 13.3 Å². The summed E-state index contributed by atoms with van der Waals surface area (Å²) in [6.45, 7) is 3.54. The highest BCUT2D eigenvalue weighted by molar-refractivity contribution is 6.34. The van der Waals surface area contributed by atoms with Gasteiger partial charge >= 0.3 is 11.8 Å². The second-order valence-corrected chi connectivity index (χ2v) is 2.17. The number of primary amides is 1. The summed E-state index contributed by atoms with van der Waals surface area (Å²) in [7, 11) is 0. The van der Waals surface area contributed by atoms with Gasteiger partial charge in [0.05, 0.1) is 0 Å². The average molecular weight is 174 g/mol. The third-order valence-corrected chi connectivity index (χ3v) is 1.18. The lowest BCUT2D eigenvalue weighted by atomic mass is 10.4. The molecule has 0 bridgehead atoms. The summed E-state index contributed by atoms with van der Waals surface area (Å²) in [6, 6.07) is 0. The van der Waals surface area contributed by atoms with E-state index in [1.165, 1.54) is 0 Å². The van der Waals surface area contributed by atoms with Crippen LogP contribution in [0.3, 0.4) is 0 Å². The van der Waals surface area contributed by atoms with Crippen LogP contribution in [-0.4, -0.2) is 31.6 Å². The van der Waals surface area contributed by atoms with Crippen molar-refractivity contribution in [3.63, 3.8) is 0 Å². The van der Waals surface area contributed by atoms with Gasteiger partial charge in [-0.25, -0.2) is 0 Å². The number of nitrogens with one attached hydrogen (secondary N) is 1. The number of hydrogen-bond acceptors (Lipinski definition) is 3. The van der Waals surface area contributed by atoms with Gasteiger partial charge in [0.15, 0.2) is 0 Å². The van der Waals surface area contributed by atoms with Crippen LogP contribution in [0.25, 0.3) is 0 Å². The molecule has 0 saturated carbocycles. The van der Waals surface area contributed by atoms with Crippen molar-refractivity contribution in [1.82, 2.24) is 5.32 Å². The molecule has 0 fully saturated rings. The molecule has 0 atom stereocenters. The zero-order chi connectivity index (χ0) is 9.40. The van der Waals surface area contributed by atoms with Crippen molar-refractivity contribution >= 4 is 11.8 Å². The van der Waals surface area contributed by atoms with Crippen LogP contribution in [-0.2, 0) is 14.3 Å². The zero-order valence-corrected chi connectivity index (χ0v) is 7.13. The van der Waals surface area contributed by atoms with Crippen LogP contribution in [0.1, 0.15) is 13.3 Å². The van der Waals surface area contributed by atoms with E-state index in [0.29, 0.717) is 26.2 Å². The van der Waals surface area contributed by atoms with E-state index in [4.69, 9.17) is 10.5 Å². The van der Waals surface area contributed by atoms with Gasteiger partial charge in [0, 0.05) is 19.8 Å². The number of hydrogen-bond donors (Lipinski definition) is 2. The quantitative estimate of drug-likeness (QED) is 0.415. The zero-order valence-electron chi connectivity index (χ0n) is 7.13. The highest BCUT2D eigenvalue weighted by Crippen LogP contribution is 1.79. The van der Waals surface area contributed by atoms with Gasteiger partial charge in [0.1, 0.15) is 0 Å². The highest BCUT2D eigenvalue weighted by atomic mass is 16.5. The first kappa shape index (κ1) is 10.9. The Morgan fingerprint density at radius 3 is 2.67 bits per heavy atom. The fraction of sp³-hybridized carbons (Fsp3) is 0.714. The average Bonchev–Trinajstić information content (AvgIpc) is 2.03. The van der Waals surface area contributed by atoms with Crippen LogP contribution in [0.15, 0.2) is 0 Å². The van der Waals surface area contributed by atoms with Gasteiger partial charge in [-0.1, -0.05) is 0 Å². The van der Waals surface area contributed by atoms with Crippen LogP contribution in [0.2, 0.25) is 0 Å². The number of ether oxygens (including phenoxy) is 1. The van der Waals surface area contributed by atoms with E-state index in [1.54, 1.807) is 0 Å². The first-order chi connectivity index (χ1) is 5.68. The van der Waals surface area contributed by atoms with Crippen LogP contribution in [0, 0.1) is 0 Å². The van der Waals surface area contributed by atoms with Crippen LogP contribution in [0.5, 0.6) is 0 Å². The Labute approximate surface area is 71.3 Å². The minimum Gasteiger partial charge on any atom is -0.382 e. The first-order valence-corrected chi connectivity index (χ1v) is 3.83. The fourth-order valence-corrected chi connectivity index (χ4v) is 0.608. The summed E-state index contributed by atoms with van der Waals surface area (Å²) < 4.78 is 5.01. The number of carbonyl (C=O) groups is 2. The second-order valence-electron chi connectivity index (χ2n) is 2.17. The van der Waals surface area contributed by atoms with Gasteiger partial charge < -0.3 is 15.8 Å². The normalized spacial score (nSPS) is 9.42. The Bertz CT molecular complexity index is 159. The highest BCUT2D eigenvalue weighted by Gasteiger charge is 2.05. The van der Waals surface area contributed by atoms with Crippen molar-refractivity contribution in [3.8, 4) is 0 Å². The van der Waals surface area contributed by atoms with Crippen molar-refractivity contribution < 1.29 is 14.3 Å². The van der Waals surface area contributed by atoms with Gasteiger partial charge in [-0.3, -0.25) is 9.59 Å². The SMILES string of the molecule is CCOCCCNC(=O)C(N)=O.